The fourth-order valence-electron chi connectivity index (χ4n) is 1.27. The van der Waals surface area contributed by atoms with Gasteiger partial charge in [-0.1, -0.05) is 6.07 Å². The third kappa shape index (κ3) is 2.72. The average molecular weight is 279 g/mol. The minimum absolute atomic E-state index is 0. The van der Waals surface area contributed by atoms with E-state index in [2.05, 4.69) is 19.7 Å². The molecule has 7 nitrogen and oxygen atoms in total. The van der Waals surface area contributed by atoms with E-state index in [0.29, 0.717) is 5.52 Å². The van der Waals surface area contributed by atoms with E-state index in [-0.39, 0.29) is 35.9 Å². The van der Waals surface area contributed by atoms with Crippen molar-refractivity contribution in [1.82, 2.24) is 15.0 Å². The fourth-order valence-corrected chi connectivity index (χ4v) is 2.47. The van der Waals surface area contributed by atoms with Crippen LogP contribution in [-0.2, 0) is 10.0 Å². The molecule has 17 heavy (non-hydrogen) atoms. The molecule has 94 valence electrons. The number of hydrogen-bond donors (Lipinski definition) is 2. The van der Waals surface area contributed by atoms with Gasteiger partial charge in [0.15, 0.2) is 5.52 Å². The number of rotatable bonds is 4. The Morgan fingerprint density at radius 1 is 1.35 bits per heavy atom. The lowest BCUT2D eigenvalue weighted by Crippen LogP contribution is -2.29. The maximum absolute atomic E-state index is 11.8. The third-order valence-corrected chi connectivity index (χ3v) is 3.47. The van der Waals surface area contributed by atoms with Gasteiger partial charge >= 0.3 is 0 Å². The van der Waals surface area contributed by atoms with Crippen molar-refractivity contribution in [2.24, 2.45) is 5.73 Å². The normalized spacial score (nSPS) is 11.4. The van der Waals surface area contributed by atoms with Crippen LogP contribution in [0.2, 0.25) is 0 Å². The fraction of sp³-hybridized carbons (Fsp3) is 0.250. The van der Waals surface area contributed by atoms with Crippen LogP contribution in [0.15, 0.2) is 27.7 Å². The molecule has 1 aromatic carbocycles. The Balaban J connectivity index is 0.00000144. The van der Waals surface area contributed by atoms with Crippen LogP contribution in [0.25, 0.3) is 11.0 Å². The Morgan fingerprint density at radius 3 is 2.82 bits per heavy atom. The Hall–Kier alpha value is -1.22. The summed E-state index contributed by atoms with van der Waals surface area (Å²) in [5.41, 5.74) is 5.85. The summed E-state index contributed by atoms with van der Waals surface area (Å²) in [6, 6.07) is 4.63. The lowest BCUT2D eigenvalue weighted by molar-refractivity contribution is 0.315. The van der Waals surface area contributed by atoms with Crippen LogP contribution in [0, 0.1) is 0 Å². The first-order valence-corrected chi connectivity index (χ1v) is 6.04. The summed E-state index contributed by atoms with van der Waals surface area (Å²) in [5.74, 6) is 0. The van der Waals surface area contributed by atoms with Gasteiger partial charge in [0.05, 0.1) is 0 Å². The quantitative estimate of drug-likeness (QED) is 0.807. The number of halogens is 1. The number of nitrogens with one attached hydrogen (secondary N) is 1. The van der Waals surface area contributed by atoms with Crippen molar-refractivity contribution in [3.05, 3.63) is 18.2 Å². The molecule has 2 rings (SSSR count). The molecule has 0 radical (unpaired) electrons. The Morgan fingerprint density at radius 2 is 2.12 bits per heavy atom. The van der Waals surface area contributed by atoms with Crippen LogP contribution < -0.4 is 10.5 Å². The Kier molecular flexibility index (Phi) is 4.40. The summed E-state index contributed by atoms with van der Waals surface area (Å²) in [5, 5.41) is 7.13. The number of nitrogens with two attached hydrogens (primary N) is 1. The zero-order chi connectivity index (χ0) is 11.6. The second kappa shape index (κ2) is 5.41. The van der Waals surface area contributed by atoms with Gasteiger partial charge in [0.2, 0.25) is 10.0 Å². The molecule has 2 aromatic rings. The van der Waals surface area contributed by atoms with E-state index in [1.165, 1.54) is 6.07 Å². The van der Waals surface area contributed by atoms with Crippen molar-refractivity contribution in [2.45, 2.75) is 4.90 Å². The molecule has 0 spiro atoms. The summed E-state index contributed by atoms with van der Waals surface area (Å²) in [7, 11) is -3.61. The van der Waals surface area contributed by atoms with Crippen LogP contribution in [0.4, 0.5) is 0 Å². The maximum atomic E-state index is 11.8. The standard InChI is InChI=1S/C8H10N4O3S.ClH/c9-4-5-10-16(13,14)7-3-1-2-6-8(7)12-15-11-6;/h1-3,10H,4-5,9H2;1H. The summed E-state index contributed by atoms with van der Waals surface area (Å²) < 4.78 is 30.5. The largest absolute Gasteiger partial charge is 0.329 e. The average Bonchev–Trinajstić information content (AvgIpc) is 2.73. The molecule has 0 bridgehead atoms. The zero-order valence-corrected chi connectivity index (χ0v) is 10.3. The van der Waals surface area contributed by atoms with Gasteiger partial charge < -0.3 is 5.73 Å². The lowest BCUT2D eigenvalue weighted by atomic mass is 10.3. The molecule has 0 saturated carbocycles. The van der Waals surface area contributed by atoms with Crippen molar-refractivity contribution in [3.8, 4) is 0 Å². The van der Waals surface area contributed by atoms with Crippen LogP contribution in [0.1, 0.15) is 0 Å². The molecule has 0 aliphatic rings. The summed E-state index contributed by atoms with van der Waals surface area (Å²) in [4.78, 5) is 0.0414. The minimum Gasteiger partial charge on any atom is -0.329 e. The van der Waals surface area contributed by atoms with Gasteiger partial charge in [-0.05, 0) is 22.4 Å². The summed E-state index contributed by atoms with van der Waals surface area (Å²) in [6.45, 7) is 0.399. The van der Waals surface area contributed by atoms with E-state index in [4.69, 9.17) is 5.73 Å². The van der Waals surface area contributed by atoms with Gasteiger partial charge in [0.1, 0.15) is 10.4 Å². The van der Waals surface area contributed by atoms with Crippen LogP contribution >= 0.6 is 12.4 Å². The van der Waals surface area contributed by atoms with Gasteiger partial charge in [0, 0.05) is 13.1 Å². The number of nitrogens with zero attached hydrogens (tertiary/aromatic N) is 2. The van der Waals surface area contributed by atoms with E-state index < -0.39 is 10.0 Å². The van der Waals surface area contributed by atoms with Gasteiger partial charge in [-0.3, -0.25) is 0 Å². The molecular weight excluding hydrogens is 268 g/mol. The van der Waals surface area contributed by atoms with Gasteiger partial charge in [0.25, 0.3) is 0 Å². The van der Waals surface area contributed by atoms with Crippen molar-refractivity contribution < 1.29 is 13.0 Å². The third-order valence-electron chi connectivity index (χ3n) is 1.97. The maximum Gasteiger partial charge on any atom is 0.242 e. The number of aromatic nitrogens is 2. The van der Waals surface area contributed by atoms with E-state index in [9.17, 15) is 8.42 Å². The van der Waals surface area contributed by atoms with Crippen LogP contribution in [0.5, 0.6) is 0 Å². The van der Waals surface area contributed by atoms with Crippen molar-refractivity contribution in [3.63, 3.8) is 0 Å². The first kappa shape index (κ1) is 13.8. The minimum atomic E-state index is -3.61. The number of benzene rings is 1. The van der Waals surface area contributed by atoms with Crippen molar-refractivity contribution in [1.29, 1.82) is 0 Å². The molecule has 0 aliphatic carbocycles. The number of hydrogen-bond acceptors (Lipinski definition) is 6. The highest BCUT2D eigenvalue weighted by molar-refractivity contribution is 7.89. The molecule has 1 heterocycles. The van der Waals surface area contributed by atoms with Gasteiger partial charge in [-0.25, -0.2) is 17.8 Å². The Labute approximate surface area is 104 Å². The van der Waals surface area contributed by atoms with Crippen molar-refractivity contribution in [2.75, 3.05) is 13.1 Å². The van der Waals surface area contributed by atoms with Crippen LogP contribution in [0.3, 0.4) is 0 Å². The van der Waals surface area contributed by atoms with Crippen molar-refractivity contribution >= 4 is 33.5 Å². The molecule has 0 atom stereocenters. The Bertz CT molecular complexity index is 598. The van der Waals surface area contributed by atoms with Gasteiger partial charge in [-0.2, -0.15) is 0 Å². The van der Waals surface area contributed by atoms with E-state index >= 15 is 0 Å². The van der Waals surface area contributed by atoms with Gasteiger partial charge in [-0.15, -0.1) is 12.4 Å². The molecule has 1 aromatic heterocycles. The molecule has 0 fully saturated rings. The highest BCUT2D eigenvalue weighted by Gasteiger charge is 2.19. The predicted octanol–water partition coefficient (Wildman–Crippen LogP) is -0.118. The highest BCUT2D eigenvalue weighted by atomic mass is 35.5. The number of fused-ring (bicyclic) bond motifs is 1. The van der Waals surface area contributed by atoms with Crippen LogP contribution in [-0.4, -0.2) is 31.8 Å². The molecule has 0 aliphatic heterocycles. The second-order valence-electron chi connectivity index (χ2n) is 3.07. The molecule has 3 N–H and O–H groups in total. The summed E-state index contributed by atoms with van der Waals surface area (Å²) >= 11 is 0. The molecule has 0 amide bonds. The van der Waals surface area contributed by atoms with E-state index in [1.54, 1.807) is 12.1 Å². The molecule has 0 saturated heterocycles. The molecule has 0 unspecified atom stereocenters. The first-order valence-electron chi connectivity index (χ1n) is 4.56. The monoisotopic (exact) mass is 278 g/mol. The summed E-state index contributed by atoms with van der Waals surface area (Å²) in [6.07, 6.45) is 0. The zero-order valence-electron chi connectivity index (χ0n) is 8.66. The lowest BCUT2D eigenvalue weighted by Gasteiger charge is -2.04. The smallest absolute Gasteiger partial charge is 0.242 e. The predicted molar refractivity (Wildman–Crippen MR) is 63.3 cm³/mol. The van der Waals surface area contributed by atoms with E-state index in [0.717, 1.165) is 0 Å². The highest BCUT2D eigenvalue weighted by Crippen LogP contribution is 2.18. The van der Waals surface area contributed by atoms with E-state index in [1.807, 2.05) is 0 Å². The molecule has 9 heteroatoms. The number of sulfonamides is 1. The molecular formula is C8H11ClN4O3S. The second-order valence-corrected chi connectivity index (χ2v) is 4.81. The topological polar surface area (TPSA) is 111 Å². The first-order chi connectivity index (χ1) is 7.65. The SMILES string of the molecule is Cl.NCCNS(=O)(=O)c1cccc2nonc12.